The summed E-state index contributed by atoms with van der Waals surface area (Å²) in [4.78, 5) is 0. The summed E-state index contributed by atoms with van der Waals surface area (Å²) in [5, 5.41) is 6.96. The molecule has 1 aromatic carbocycles. The largest absolute Gasteiger partial charge is 0.381 e. The topological polar surface area (TPSA) is 33.3 Å². The van der Waals surface area contributed by atoms with Gasteiger partial charge in [0, 0.05) is 25.4 Å². The van der Waals surface area contributed by atoms with Crippen LogP contribution in [0.3, 0.4) is 0 Å². The third-order valence-corrected chi connectivity index (χ3v) is 2.67. The lowest BCUT2D eigenvalue weighted by Gasteiger charge is -2.10. The number of ether oxygens (including phenoxy) is 1. The number of rotatable bonds is 8. The molecule has 0 saturated heterocycles. The number of thiocarbonyl (C=S) groups is 1. The van der Waals surface area contributed by atoms with Gasteiger partial charge in [-0.3, -0.25) is 0 Å². The van der Waals surface area contributed by atoms with Gasteiger partial charge in [0.2, 0.25) is 0 Å². The Hall–Kier alpha value is -1.13. The van der Waals surface area contributed by atoms with Gasteiger partial charge in [0.15, 0.2) is 5.11 Å². The number of para-hydroxylation sites is 1. The SMILES string of the molecule is CCCCOCCCNC(=S)Nc1ccccc1. The number of hydrogen-bond donors (Lipinski definition) is 2. The highest BCUT2D eigenvalue weighted by Crippen LogP contribution is 2.04. The van der Waals surface area contributed by atoms with Crippen LogP contribution in [-0.4, -0.2) is 24.9 Å². The summed E-state index contributed by atoms with van der Waals surface area (Å²) >= 11 is 5.19. The predicted octanol–water partition coefficient (Wildman–Crippen LogP) is 3.18. The van der Waals surface area contributed by atoms with Crippen LogP contribution in [0, 0.1) is 0 Å². The fraction of sp³-hybridized carbons (Fsp3) is 0.500. The molecule has 3 nitrogen and oxygen atoms in total. The van der Waals surface area contributed by atoms with E-state index in [-0.39, 0.29) is 0 Å². The maximum Gasteiger partial charge on any atom is 0.170 e. The van der Waals surface area contributed by atoms with Crippen LogP contribution in [0.1, 0.15) is 26.2 Å². The molecule has 0 bridgehead atoms. The van der Waals surface area contributed by atoms with Gasteiger partial charge in [0.25, 0.3) is 0 Å². The lowest BCUT2D eigenvalue weighted by molar-refractivity contribution is 0.129. The summed E-state index contributed by atoms with van der Waals surface area (Å²) < 4.78 is 5.47. The van der Waals surface area contributed by atoms with Gasteiger partial charge in [0.05, 0.1) is 0 Å². The summed E-state index contributed by atoms with van der Waals surface area (Å²) in [6.45, 7) is 4.66. The summed E-state index contributed by atoms with van der Waals surface area (Å²) in [5.74, 6) is 0. The van der Waals surface area contributed by atoms with E-state index >= 15 is 0 Å². The molecule has 0 heterocycles. The van der Waals surface area contributed by atoms with Crippen molar-refractivity contribution in [3.8, 4) is 0 Å². The van der Waals surface area contributed by atoms with Crippen LogP contribution in [0.4, 0.5) is 5.69 Å². The molecule has 0 aliphatic carbocycles. The Bertz CT molecular complexity index is 330. The van der Waals surface area contributed by atoms with Gasteiger partial charge in [-0.25, -0.2) is 0 Å². The number of nitrogens with one attached hydrogen (secondary N) is 2. The molecule has 0 radical (unpaired) electrons. The van der Waals surface area contributed by atoms with E-state index in [9.17, 15) is 0 Å². The fourth-order valence-electron chi connectivity index (χ4n) is 1.42. The van der Waals surface area contributed by atoms with E-state index in [1.807, 2.05) is 30.3 Å². The predicted molar refractivity (Wildman–Crippen MR) is 81.0 cm³/mol. The van der Waals surface area contributed by atoms with Gasteiger partial charge >= 0.3 is 0 Å². The van der Waals surface area contributed by atoms with Crippen molar-refractivity contribution >= 4 is 23.0 Å². The molecule has 18 heavy (non-hydrogen) atoms. The number of benzene rings is 1. The zero-order valence-corrected chi connectivity index (χ0v) is 11.8. The molecule has 4 heteroatoms. The normalized spacial score (nSPS) is 10.1. The maximum atomic E-state index is 5.47. The second kappa shape index (κ2) is 9.85. The van der Waals surface area contributed by atoms with E-state index in [2.05, 4.69) is 17.6 Å². The van der Waals surface area contributed by atoms with Crippen LogP contribution in [0.25, 0.3) is 0 Å². The minimum absolute atomic E-state index is 0.662. The molecule has 0 saturated carbocycles. The van der Waals surface area contributed by atoms with Gasteiger partial charge in [-0.05, 0) is 37.2 Å². The highest BCUT2D eigenvalue weighted by molar-refractivity contribution is 7.80. The second-order valence-corrected chi connectivity index (χ2v) is 4.47. The monoisotopic (exact) mass is 266 g/mol. The molecule has 1 aromatic rings. The Labute approximate surface area is 115 Å². The Kier molecular flexibility index (Phi) is 8.17. The van der Waals surface area contributed by atoms with E-state index in [1.165, 1.54) is 6.42 Å². The Morgan fingerprint density at radius 1 is 1.17 bits per heavy atom. The first-order valence-corrected chi connectivity index (χ1v) is 6.91. The van der Waals surface area contributed by atoms with E-state index in [4.69, 9.17) is 17.0 Å². The van der Waals surface area contributed by atoms with Crippen LogP contribution >= 0.6 is 12.2 Å². The second-order valence-electron chi connectivity index (χ2n) is 4.07. The van der Waals surface area contributed by atoms with Crippen molar-refractivity contribution in [2.75, 3.05) is 25.1 Å². The van der Waals surface area contributed by atoms with Crippen LogP contribution in [-0.2, 0) is 4.74 Å². The molecule has 2 N–H and O–H groups in total. The fourth-order valence-corrected chi connectivity index (χ4v) is 1.64. The lowest BCUT2D eigenvalue weighted by atomic mass is 10.3. The first-order chi connectivity index (χ1) is 8.83. The smallest absolute Gasteiger partial charge is 0.170 e. The van der Waals surface area contributed by atoms with E-state index in [1.54, 1.807) is 0 Å². The summed E-state index contributed by atoms with van der Waals surface area (Å²) in [6.07, 6.45) is 3.30. The molecule has 0 aliphatic rings. The van der Waals surface area contributed by atoms with Crippen LogP contribution in [0.5, 0.6) is 0 Å². The maximum absolute atomic E-state index is 5.47. The van der Waals surface area contributed by atoms with Crippen molar-refractivity contribution in [3.05, 3.63) is 30.3 Å². The molecule has 0 spiro atoms. The van der Waals surface area contributed by atoms with Gasteiger partial charge in [-0.2, -0.15) is 0 Å². The number of hydrogen-bond acceptors (Lipinski definition) is 2. The molecule has 0 atom stereocenters. The molecule has 0 fully saturated rings. The first-order valence-electron chi connectivity index (χ1n) is 6.50. The Balaban J connectivity index is 2.00. The Morgan fingerprint density at radius 3 is 2.61 bits per heavy atom. The van der Waals surface area contributed by atoms with E-state index < -0.39 is 0 Å². The van der Waals surface area contributed by atoms with Gasteiger partial charge < -0.3 is 15.4 Å². The minimum atomic E-state index is 0.662. The quantitative estimate of drug-likeness (QED) is 0.559. The van der Waals surface area contributed by atoms with Crippen molar-refractivity contribution in [3.63, 3.8) is 0 Å². The average molecular weight is 266 g/mol. The molecule has 0 amide bonds. The molecule has 0 aromatic heterocycles. The molecular formula is C14H22N2OS. The molecule has 0 unspecified atom stereocenters. The third-order valence-electron chi connectivity index (χ3n) is 2.42. The van der Waals surface area contributed by atoms with Gasteiger partial charge in [-0.1, -0.05) is 31.5 Å². The molecular weight excluding hydrogens is 244 g/mol. The standard InChI is InChI=1S/C14H22N2OS/c1-2-3-11-17-12-7-10-15-14(18)16-13-8-5-4-6-9-13/h4-6,8-9H,2-3,7,10-12H2,1H3,(H2,15,16,18). The molecule has 100 valence electrons. The lowest BCUT2D eigenvalue weighted by Crippen LogP contribution is -2.29. The van der Waals surface area contributed by atoms with Crippen LogP contribution in [0.15, 0.2) is 30.3 Å². The van der Waals surface area contributed by atoms with Crippen molar-refractivity contribution < 1.29 is 4.74 Å². The summed E-state index contributed by atoms with van der Waals surface area (Å²) in [5.41, 5.74) is 1.01. The van der Waals surface area contributed by atoms with E-state index in [0.717, 1.165) is 38.3 Å². The Morgan fingerprint density at radius 2 is 1.89 bits per heavy atom. The van der Waals surface area contributed by atoms with Crippen LogP contribution in [0.2, 0.25) is 0 Å². The summed E-state index contributed by atoms with van der Waals surface area (Å²) in [6, 6.07) is 9.91. The highest BCUT2D eigenvalue weighted by atomic mass is 32.1. The number of anilines is 1. The van der Waals surface area contributed by atoms with E-state index in [0.29, 0.717) is 5.11 Å². The highest BCUT2D eigenvalue weighted by Gasteiger charge is 1.96. The zero-order chi connectivity index (χ0) is 13.1. The summed E-state index contributed by atoms with van der Waals surface area (Å²) in [7, 11) is 0. The van der Waals surface area contributed by atoms with Gasteiger partial charge in [0.1, 0.15) is 0 Å². The van der Waals surface area contributed by atoms with Crippen molar-refractivity contribution in [1.29, 1.82) is 0 Å². The molecule has 0 aliphatic heterocycles. The first kappa shape index (κ1) is 14.9. The zero-order valence-electron chi connectivity index (χ0n) is 10.9. The molecule has 1 rings (SSSR count). The van der Waals surface area contributed by atoms with Crippen molar-refractivity contribution in [1.82, 2.24) is 5.32 Å². The average Bonchev–Trinajstić information content (AvgIpc) is 2.39. The third kappa shape index (κ3) is 7.25. The van der Waals surface area contributed by atoms with Crippen LogP contribution < -0.4 is 10.6 Å². The van der Waals surface area contributed by atoms with Crippen molar-refractivity contribution in [2.45, 2.75) is 26.2 Å². The van der Waals surface area contributed by atoms with Crippen molar-refractivity contribution in [2.24, 2.45) is 0 Å². The minimum Gasteiger partial charge on any atom is -0.381 e. The number of unbranched alkanes of at least 4 members (excludes halogenated alkanes) is 1. The van der Waals surface area contributed by atoms with Gasteiger partial charge in [-0.15, -0.1) is 0 Å².